The van der Waals surface area contributed by atoms with Gasteiger partial charge in [-0.05, 0) is 38.5 Å². The van der Waals surface area contributed by atoms with Crippen molar-refractivity contribution in [2.24, 2.45) is 5.92 Å². The molecule has 1 heterocycles. The lowest BCUT2D eigenvalue weighted by atomic mass is 10.2. The Morgan fingerprint density at radius 3 is 2.65 bits per heavy atom. The summed E-state index contributed by atoms with van der Waals surface area (Å²) in [4.78, 5) is 18.1. The van der Waals surface area contributed by atoms with Crippen molar-refractivity contribution in [2.45, 2.75) is 49.0 Å². The Bertz CT molecular complexity index is 589. The van der Waals surface area contributed by atoms with Gasteiger partial charge >= 0.3 is 0 Å². The third-order valence-electron chi connectivity index (χ3n) is 3.96. The Kier molecular flexibility index (Phi) is 3.58. The van der Waals surface area contributed by atoms with E-state index < -0.39 is 15.6 Å². The highest BCUT2D eigenvalue weighted by Crippen LogP contribution is 2.39. The molecule has 2 saturated carbocycles. The lowest BCUT2D eigenvalue weighted by Gasteiger charge is -2.29. The van der Waals surface area contributed by atoms with Crippen LogP contribution < -0.4 is 0 Å². The van der Waals surface area contributed by atoms with Gasteiger partial charge in [0.15, 0.2) is 0 Å². The largest absolute Gasteiger partial charge is 0.336 e. The van der Waals surface area contributed by atoms with E-state index in [0.29, 0.717) is 5.92 Å². The molecule has 0 aromatic carbocycles. The van der Waals surface area contributed by atoms with Gasteiger partial charge in [-0.25, -0.2) is 13.4 Å². The molecule has 0 spiro atoms. The van der Waals surface area contributed by atoms with Crippen molar-refractivity contribution in [3.05, 3.63) is 11.6 Å². The van der Waals surface area contributed by atoms with Crippen LogP contribution in [0.25, 0.3) is 0 Å². The fourth-order valence-electron chi connectivity index (χ4n) is 2.58. The number of nitrogens with zero attached hydrogens (tertiary/aromatic N) is 2. The zero-order valence-corrected chi connectivity index (χ0v) is 13.0. The number of carbonyl (C=O) groups excluding carboxylic acids is 1. The van der Waals surface area contributed by atoms with Crippen LogP contribution in [0.15, 0.2) is 15.9 Å². The van der Waals surface area contributed by atoms with Crippen molar-refractivity contribution in [2.75, 3.05) is 5.75 Å². The van der Waals surface area contributed by atoms with E-state index in [1.807, 2.05) is 11.8 Å². The van der Waals surface area contributed by atoms with Crippen LogP contribution in [-0.2, 0) is 14.6 Å². The molecule has 1 amide bonds. The van der Waals surface area contributed by atoms with Crippen molar-refractivity contribution < 1.29 is 13.2 Å². The van der Waals surface area contributed by atoms with Crippen LogP contribution in [0.5, 0.6) is 0 Å². The number of aromatic nitrogens is 1. The predicted octanol–water partition coefficient (Wildman–Crippen LogP) is 1.71. The molecule has 1 atom stereocenters. The first-order valence-corrected chi connectivity index (χ1v) is 9.45. The summed E-state index contributed by atoms with van der Waals surface area (Å²) >= 11 is 1.06. The minimum atomic E-state index is -3.59. The number of sulfone groups is 1. The van der Waals surface area contributed by atoms with Crippen LogP contribution in [0.1, 0.15) is 32.6 Å². The molecular formula is C13H18N2O3S2. The fraction of sp³-hybridized carbons (Fsp3) is 0.692. The number of rotatable bonds is 6. The van der Waals surface area contributed by atoms with Gasteiger partial charge in [0.1, 0.15) is 5.75 Å². The maximum Gasteiger partial charge on any atom is 0.238 e. The van der Waals surface area contributed by atoms with E-state index in [2.05, 4.69) is 4.98 Å². The zero-order chi connectivity index (χ0) is 14.3. The summed E-state index contributed by atoms with van der Waals surface area (Å²) in [5, 5.41) is 1.61. The molecule has 1 aromatic heterocycles. The average Bonchev–Trinajstić information content (AvgIpc) is 3.29. The van der Waals surface area contributed by atoms with Gasteiger partial charge in [0.05, 0.1) is 0 Å². The maximum atomic E-state index is 12.4. The number of hydrogen-bond acceptors (Lipinski definition) is 5. The second-order valence-electron chi connectivity index (χ2n) is 5.67. The van der Waals surface area contributed by atoms with Crippen molar-refractivity contribution in [1.82, 2.24) is 9.88 Å². The van der Waals surface area contributed by atoms with Crippen LogP contribution >= 0.6 is 11.3 Å². The third-order valence-corrected chi connectivity index (χ3v) is 6.84. The first-order valence-electron chi connectivity index (χ1n) is 6.92. The Hall–Kier alpha value is -0.950. The van der Waals surface area contributed by atoms with E-state index >= 15 is 0 Å². The minimum Gasteiger partial charge on any atom is -0.336 e. The molecule has 2 aliphatic carbocycles. The number of thiazole rings is 1. The summed E-state index contributed by atoms with van der Waals surface area (Å²) in [5.74, 6) is -0.155. The van der Waals surface area contributed by atoms with Gasteiger partial charge in [-0.15, -0.1) is 11.3 Å². The Morgan fingerprint density at radius 1 is 1.45 bits per heavy atom. The van der Waals surface area contributed by atoms with Gasteiger partial charge in [-0.3, -0.25) is 4.79 Å². The lowest BCUT2D eigenvalue weighted by molar-refractivity contribution is -0.131. The van der Waals surface area contributed by atoms with Crippen LogP contribution in [0.2, 0.25) is 0 Å². The average molecular weight is 314 g/mol. The van der Waals surface area contributed by atoms with E-state index in [4.69, 9.17) is 0 Å². The molecule has 3 rings (SSSR count). The number of amides is 1. The Labute approximate surface area is 122 Å². The third kappa shape index (κ3) is 2.88. The lowest BCUT2D eigenvalue weighted by Crippen LogP contribution is -2.44. The molecule has 0 aliphatic heterocycles. The van der Waals surface area contributed by atoms with Crippen LogP contribution in [0.3, 0.4) is 0 Å². The van der Waals surface area contributed by atoms with Gasteiger partial charge in [-0.1, -0.05) is 0 Å². The molecule has 0 N–H and O–H groups in total. The van der Waals surface area contributed by atoms with Crippen molar-refractivity contribution in [3.8, 4) is 0 Å². The monoisotopic (exact) mass is 314 g/mol. The minimum absolute atomic E-state index is 0.0423. The van der Waals surface area contributed by atoms with Gasteiger partial charge in [0.25, 0.3) is 0 Å². The number of hydrogen-bond donors (Lipinski definition) is 0. The van der Waals surface area contributed by atoms with Gasteiger partial charge in [0.2, 0.25) is 20.1 Å². The molecule has 0 radical (unpaired) electrons. The molecule has 20 heavy (non-hydrogen) atoms. The number of carbonyl (C=O) groups is 1. The Morgan fingerprint density at radius 2 is 2.15 bits per heavy atom. The summed E-state index contributed by atoms with van der Waals surface area (Å²) < 4.78 is 24.4. The topological polar surface area (TPSA) is 67.3 Å². The predicted molar refractivity (Wildman–Crippen MR) is 76.2 cm³/mol. The van der Waals surface area contributed by atoms with E-state index in [0.717, 1.165) is 37.0 Å². The summed E-state index contributed by atoms with van der Waals surface area (Å²) in [6.07, 6.45) is 5.75. The normalized spacial score (nSPS) is 20.6. The SMILES string of the molecule is C[C@@H](C1CC1)N(C(=O)CS(=O)(=O)c1nccs1)C1CC1. The summed E-state index contributed by atoms with van der Waals surface area (Å²) in [7, 11) is -3.59. The molecule has 0 saturated heterocycles. The molecule has 2 fully saturated rings. The van der Waals surface area contributed by atoms with E-state index in [1.54, 1.807) is 5.38 Å². The standard InChI is InChI=1S/C13H18N2O3S2/c1-9(10-2-3-10)15(11-4-5-11)12(16)8-20(17,18)13-14-6-7-19-13/h6-7,9-11H,2-5,8H2,1H3/t9-/m0/s1. The molecule has 5 nitrogen and oxygen atoms in total. The van der Waals surface area contributed by atoms with Gasteiger partial charge in [0, 0.05) is 23.7 Å². The van der Waals surface area contributed by atoms with Crippen molar-refractivity contribution in [1.29, 1.82) is 0 Å². The summed E-state index contributed by atoms with van der Waals surface area (Å²) in [6.45, 7) is 2.05. The molecule has 7 heteroatoms. The van der Waals surface area contributed by atoms with Crippen molar-refractivity contribution >= 4 is 27.1 Å². The summed E-state index contributed by atoms with van der Waals surface area (Å²) in [6, 6.07) is 0.422. The van der Waals surface area contributed by atoms with Crippen LogP contribution in [0, 0.1) is 5.92 Å². The molecular weight excluding hydrogens is 296 g/mol. The molecule has 2 aliphatic rings. The fourth-order valence-corrected chi connectivity index (χ4v) is 4.69. The highest BCUT2D eigenvalue weighted by atomic mass is 32.2. The van der Waals surface area contributed by atoms with Crippen LogP contribution in [0.4, 0.5) is 0 Å². The Balaban J connectivity index is 1.73. The second-order valence-corrected chi connectivity index (χ2v) is 8.73. The zero-order valence-electron chi connectivity index (χ0n) is 11.4. The van der Waals surface area contributed by atoms with Crippen LogP contribution in [-0.4, -0.2) is 42.0 Å². The molecule has 1 aromatic rings. The highest BCUT2D eigenvalue weighted by Gasteiger charge is 2.42. The first-order chi connectivity index (χ1) is 9.49. The second kappa shape index (κ2) is 5.11. The smallest absolute Gasteiger partial charge is 0.238 e. The molecule has 0 bridgehead atoms. The summed E-state index contributed by atoms with van der Waals surface area (Å²) in [5.41, 5.74) is 0. The quantitative estimate of drug-likeness (QED) is 0.801. The first kappa shape index (κ1) is 14.0. The van der Waals surface area contributed by atoms with Gasteiger partial charge in [-0.2, -0.15) is 0 Å². The molecule has 110 valence electrons. The maximum absolute atomic E-state index is 12.4. The highest BCUT2D eigenvalue weighted by molar-refractivity contribution is 7.93. The molecule has 0 unspecified atom stereocenters. The van der Waals surface area contributed by atoms with E-state index in [-0.39, 0.29) is 22.3 Å². The van der Waals surface area contributed by atoms with Gasteiger partial charge < -0.3 is 4.90 Å². The van der Waals surface area contributed by atoms with Crippen molar-refractivity contribution in [3.63, 3.8) is 0 Å². The van der Waals surface area contributed by atoms with E-state index in [9.17, 15) is 13.2 Å². The van der Waals surface area contributed by atoms with E-state index in [1.165, 1.54) is 6.20 Å².